The molecule has 0 bridgehead atoms. The molecule has 6 nitrogen and oxygen atoms in total. The minimum Gasteiger partial charge on any atom is -0.335 e. The summed E-state index contributed by atoms with van der Waals surface area (Å²) in [5, 5.41) is 10.2. The van der Waals surface area contributed by atoms with Crippen LogP contribution in [0.4, 0.5) is 4.79 Å². The highest BCUT2D eigenvalue weighted by molar-refractivity contribution is 5.74. The zero-order chi connectivity index (χ0) is 16.8. The van der Waals surface area contributed by atoms with Gasteiger partial charge in [0.05, 0.1) is 6.54 Å². The van der Waals surface area contributed by atoms with Crippen LogP contribution in [0, 0.1) is 0 Å². The van der Waals surface area contributed by atoms with Gasteiger partial charge >= 0.3 is 6.03 Å². The van der Waals surface area contributed by atoms with Gasteiger partial charge in [0.25, 0.3) is 0 Å². The van der Waals surface area contributed by atoms with Crippen LogP contribution in [0.2, 0.25) is 0 Å². The molecule has 0 saturated carbocycles. The quantitative estimate of drug-likeness (QED) is 0.881. The van der Waals surface area contributed by atoms with Gasteiger partial charge in [0.15, 0.2) is 0 Å². The standard InChI is InChI=1S/C18H25N5O/c1-22-11-7-17(8-12-22)21-18(24)19-13-15-3-5-16(6-4-15)14-23-10-2-9-20-23/h2-6,9-10,17H,7-8,11-14H2,1H3,(H2,19,21,24). The summed E-state index contributed by atoms with van der Waals surface area (Å²) in [6.07, 6.45) is 5.77. The smallest absolute Gasteiger partial charge is 0.315 e. The molecule has 1 aromatic heterocycles. The lowest BCUT2D eigenvalue weighted by Crippen LogP contribution is -2.46. The maximum Gasteiger partial charge on any atom is 0.315 e. The van der Waals surface area contributed by atoms with E-state index >= 15 is 0 Å². The van der Waals surface area contributed by atoms with Gasteiger partial charge in [0.2, 0.25) is 0 Å². The summed E-state index contributed by atoms with van der Waals surface area (Å²) < 4.78 is 1.89. The molecular formula is C18H25N5O. The van der Waals surface area contributed by atoms with Crippen LogP contribution >= 0.6 is 0 Å². The van der Waals surface area contributed by atoms with E-state index in [9.17, 15) is 4.79 Å². The van der Waals surface area contributed by atoms with E-state index in [1.165, 1.54) is 5.56 Å². The van der Waals surface area contributed by atoms with Gasteiger partial charge in [-0.15, -0.1) is 0 Å². The topological polar surface area (TPSA) is 62.2 Å². The molecule has 2 heterocycles. The van der Waals surface area contributed by atoms with E-state index in [2.05, 4.69) is 51.9 Å². The third-order valence-electron chi connectivity index (χ3n) is 4.43. The fourth-order valence-corrected chi connectivity index (χ4v) is 2.92. The van der Waals surface area contributed by atoms with Crippen LogP contribution in [0.3, 0.4) is 0 Å². The van der Waals surface area contributed by atoms with Crippen LogP contribution in [-0.4, -0.2) is 46.9 Å². The Kier molecular flexibility index (Phi) is 5.48. The third-order valence-corrected chi connectivity index (χ3v) is 4.43. The number of hydrogen-bond donors (Lipinski definition) is 2. The monoisotopic (exact) mass is 327 g/mol. The predicted octanol–water partition coefficient (Wildman–Crippen LogP) is 1.82. The van der Waals surface area contributed by atoms with Crippen molar-refractivity contribution in [3.8, 4) is 0 Å². The normalized spacial score (nSPS) is 16.0. The second-order valence-corrected chi connectivity index (χ2v) is 6.42. The van der Waals surface area contributed by atoms with Crippen molar-refractivity contribution >= 4 is 6.03 Å². The van der Waals surface area contributed by atoms with Crippen LogP contribution in [-0.2, 0) is 13.1 Å². The molecule has 2 N–H and O–H groups in total. The van der Waals surface area contributed by atoms with Gasteiger partial charge in [-0.2, -0.15) is 5.10 Å². The van der Waals surface area contributed by atoms with Gasteiger partial charge in [0, 0.05) is 25.0 Å². The minimum absolute atomic E-state index is 0.0785. The number of benzene rings is 1. The molecule has 128 valence electrons. The van der Waals surface area contributed by atoms with E-state index in [4.69, 9.17) is 0 Å². The van der Waals surface area contributed by atoms with Crippen molar-refractivity contribution < 1.29 is 4.79 Å². The molecule has 0 aliphatic carbocycles. The number of piperidine rings is 1. The highest BCUT2D eigenvalue weighted by Gasteiger charge is 2.17. The molecule has 0 radical (unpaired) electrons. The van der Waals surface area contributed by atoms with Crippen molar-refractivity contribution in [2.24, 2.45) is 0 Å². The first-order valence-electron chi connectivity index (χ1n) is 8.47. The summed E-state index contributed by atoms with van der Waals surface area (Å²) in [5.74, 6) is 0. The summed E-state index contributed by atoms with van der Waals surface area (Å²) >= 11 is 0. The van der Waals surface area contributed by atoms with Crippen LogP contribution in [0.25, 0.3) is 0 Å². The Morgan fingerprint density at radius 2 is 1.92 bits per heavy atom. The van der Waals surface area contributed by atoms with Gasteiger partial charge in [-0.1, -0.05) is 24.3 Å². The molecule has 1 aliphatic rings. The van der Waals surface area contributed by atoms with E-state index in [1.54, 1.807) is 6.20 Å². The van der Waals surface area contributed by atoms with E-state index < -0.39 is 0 Å². The van der Waals surface area contributed by atoms with Crippen LogP contribution in [0.1, 0.15) is 24.0 Å². The molecule has 1 fully saturated rings. The number of likely N-dealkylation sites (tertiary alicyclic amines) is 1. The van der Waals surface area contributed by atoms with E-state index in [-0.39, 0.29) is 12.1 Å². The Balaban J connectivity index is 1.42. The van der Waals surface area contributed by atoms with E-state index in [1.807, 2.05) is 16.9 Å². The van der Waals surface area contributed by atoms with Gasteiger partial charge in [-0.05, 0) is 50.2 Å². The van der Waals surface area contributed by atoms with Crippen molar-refractivity contribution in [2.45, 2.75) is 32.0 Å². The Labute approximate surface area is 142 Å². The Morgan fingerprint density at radius 1 is 1.21 bits per heavy atom. The average Bonchev–Trinajstić information content (AvgIpc) is 3.09. The lowest BCUT2D eigenvalue weighted by Gasteiger charge is -2.29. The third kappa shape index (κ3) is 4.83. The van der Waals surface area contributed by atoms with Gasteiger partial charge in [0.1, 0.15) is 0 Å². The number of nitrogens with zero attached hydrogens (tertiary/aromatic N) is 3. The molecule has 0 atom stereocenters. The van der Waals surface area contributed by atoms with Crippen molar-refractivity contribution in [1.29, 1.82) is 0 Å². The fourth-order valence-electron chi connectivity index (χ4n) is 2.92. The van der Waals surface area contributed by atoms with Crippen LogP contribution in [0.15, 0.2) is 42.7 Å². The van der Waals surface area contributed by atoms with Crippen molar-refractivity contribution in [3.63, 3.8) is 0 Å². The Hall–Kier alpha value is -2.34. The molecule has 0 spiro atoms. The Morgan fingerprint density at radius 3 is 2.58 bits per heavy atom. The highest BCUT2D eigenvalue weighted by Crippen LogP contribution is 2.08. The number of hydrogen-bond acceptors (Lipinski definition) is 3. The van der Waals surface area contributed by atoms with E-state index in [0.29, 0.717) is 6.54 Å². The summed E-state index contributed by atoms with van der Waals surface area (Å²) in [6.45, 7) is 3.39. The molecule has 2 amide bonds. The largest absolute Gasteiger partial charge is 0.335 e. The summed E-state index contributed by atoms with van der Waals surface area (Å²) in [6, 6.07) is 10.4. The fraction of sp³-hybridized carbons (Fsp3) is 0.444. The molecule has 2 aromatic rings. The van der Waals surface area contributed by atoms with E-state index in [0.717, 1.165) is 38.0 Å². The number of aromatic nitrogens is 2. The second kappa shape index (κ2) is 7.97. The summed E-state index contributed by atoms with van der Waals surface area (Å²) in [7, 11) is 2.12. The zero-order valence-electron chi connectivity index (χ0n) is 14.1. The predicted molar refractivity (Wildman–Crippen MR) is 93.7 cm³/mol. The number of urea groups is 1. The first-order chi connectivity index (χ1) is 11.7. The number of amides is 2. The molecule has 1 aliphatic heterocycles. The molecule has 3 rings (SSSR count). The Bertz CT molecular complexity index is 630. The van der Waals surface area contributed by atoms with Crippen molar-refractivity contribution in [2.75, 3.05) is 20.1 Å². The zero-order valence-corrected chi connectivity index (χ0v) is 14.1. The first kappa shape index (κ1) is 16.5. The lowest BCUT2D eigenvalue weighted by molar-refractivity contribution is 0.213. The maximum atomic E-state index is 12.0. The van der Waals surface area contributed by atoms with Crippen molar-refractivity contribution in [1.82, 2.24) is 25.3 Å². The van der Waals surface area contributed by atoms with Crippen LogP contribution in [0.5, 0.6) is 0 Å². The van der Waals surface area contributed by atoms with Crippen LogP contribution < -0.4 is 10.6 Å². The number of carbonyl (C=O) groups excluding carboxylic acids is 1. The van der Waals surface area contributed by atoms with Gasteiger partial charge < -0.3 is 15.5 Å². The molecule has 1 saturated heterocycles. The van der Waals surface area contributed by atoms with Gasteiger partial charge in [-0.3, -0.25) is 4.68 Å². The molecular weight excluding hydrogens is 302 g/mol. The highest BCUT2D eigenvalue weighted by atomic mass is 16.2. The second-order valence-electron chi connectivity index (χ2n) is 6.42. The molecule has 6 heteroatoms. The lowest BCUT2D eigenvalue weighted by atomic mass is 10.1. The number of nitrogens with one attached hydrogen (secondary N) is 2. The first-order valence-corrected chi connectivity index (χ1v) is 8.47. The molecule has 24 heavy (non-hydrogen) atoms. The SMILES string of the molecule is CN1CCC(NC(=O)NCc2ccc(Cn3cccn3)cc2)CC1. The maximum absolute atomic E-state index is 12.0. The number of rotatable bonds is 5. The van der Waals surface area contributed by atoms with Crippen molar-refractivity contribution in [3.05, 3.63) is 53.9 Å². The molecule has 0 unspecified atom stereocenters. The molecule has 1 aromatic carbocycles. The number of carbonyl (C=O) groups is 1. The van der Waals surface area contributed by atoms with Gasteiger partial charge in [-0.25, -0.2) is 4.79 Å². The summed E-state index contributed by atoms with van der Waals surface area (Å²) in [4.78, 5) is 14.3. The average molecular weight is 327 g/mol. The summed E-state index contributed by atoms with van der Waals surface area (Å²) in [5.41, 5.74) is 2.29. The minimum atomic E-state index is -0.0785.